The van der Waals surface area contributed by atoms with Crippen molar-refractivity contribution in [2.75, 3.05) is 13.2 Å². The van der Waals surface area contributed by atoms with Crippen molar-refractivity contribution >= 4 is 17.8 Å². The highest BCUT2D eigenvalue weighted by atomic mass is 16.5. The molecule has 0 saturated carbocycles. The highest BCUT2D eigenvalue weighted by Crippen LogP contribution is 2.10. The van der Waals surface area contributed by atoms with E-state index >= 15 is 0 Å². The summed E-state index contributed by atoms with van der Waals surface area (Å²) in [7, 11) is 0. The Hall–Kier alpha value is -3.93. The number of benzene rings is 3. The first-order valence-electron chi connectivity index (χ1n) is 11.4. The third-order valence-corrected chi connectivity index (χ3v) is 5.39. The van der Waals surface area contributed by atoms with Gasteiger partial charge in [-0.25, -0.2) is 0 Å². The van der Waals surface area contributed by atoms with Gasteiger partial charge in [0.25, 0.3) is 5.91 Å². The van der Waals surface area contributed by atoms with E-state index in [1.54, 1.807) is 24.3 Å². The second kappa shape index (κ2) is 12.9. The van der Waals surface area contributed by atoms with Crippen LogP contribution in [0.1, 0.15) is 28.4 Å². The molecule has 0 aliphatic heterocycles. The highest BCUT2D eigenvalue weighted by molar-refractivity contribution is 5.97. The Kier molecular flexibility index (Phi) is 9.40. The van der Waals surface area contributed by atoms with Crippen molar-refractivity contribution in [3.05, 3.63) is 108 Å². The fraction of sp³-hybridized carbons (Fsp3) is 0.250. The minimum absolute atomic E-state index is 0.0996. The lowest BCUT2D eigenvalue weighted by Crippen LogP contribution is -2.49. The minimum atomic E-state index is -0.749. The monoisotopic (exact) mass is 458 g/mol. The van der Waals surface area contributed by atoms with Gasteiger partial charge in [-0.1, -0.05) is 78.9 Å². The van der Waals surface area contributed by atoms with Gasteiger partial charge < -0.3 is 15.4 Å². The Morgan fingerprint density at radius 2 is 1.29 bits per heavy atom. The van der Waals surface area contributed by atoms with Crippen LogP contribution in [-0.2, 0) is 27.2 Å². The van der Waals surface area contributed by atoms with E-state index in [4.69, 9.17) is 4.74 Å². The molecule has 0 radical (unpaired) electrons. The van der Waals surface area contributed by atoms with Gasteiger partial charge in [-0.2, -0.15) is 0 Å². The van der Waals surface area contributed by atoms with Crippen LogP contribution in [0, 0.1) is 5.92 Å². The van der Waals surface area contributed by atoms with Gasteiger partial charge in [-0.3, -0.25) is 14.4 Å². The number of amides is 2. The van der Waals surface area contributed by atoms with Gasteiger partial charge in [0, 0.05) is 31.4 Å². The summed E-state index contributed by atoms with van der Waals surface area (Å²) in [5, 5.41) is 5.83. The molecule has 0 unspecified atom stereocenters. The van der Waals surface area contributed by atoms with Crippen LogP contribution < -0.4 is 10.6 Å². The van der Waals surface area contributed by atoms with Crippen LogP contribution in [0.25, 0.3) is 0 Å². The maximum absolute atomic E-state index is 13.2. The summed E-state index contributed by atoms with van der Waals surface area (Å²) in [6.45, 7) is 1.88. The summed E-state index contributed by atoms with van der Waals surface area (Å²) in [4.78, 5) is 37.3. The van der Waals surface area contributed by atoms with Gasteiger partial charge >= 0.3 is 5.97 Å². The highest BCUT2D eigenvalue weighted by Gasteiger charge is 2.23. The Bertz CT molecular complexity index is 1060. The van der Waals surface area contributed by atoms with E-state index in [-0.39, 0.29) is 30.3 Å². The molecule has 6 heteroatoms. The fourth-order valence-corrected chi connectivity index (χ4v) is 3.63. The van der Waals surface area contributed by atoms with E-state index in [0.29, 0.717) is 24.9 Å². The van der Waals surface area contributed by atoms with Crippen molar-refractivity contribution in [3.8, 4) is 0 Å². The quantitative estimate of drug-likeness (QED) is 0.430. The molecule has 0 bridgehead atoms. The van der Waals surface area contributed by atoms with Crippen LogP contribution in [0.3, 0.4) is 0 Å². The Morgan fingerprint density at radius 3 is 1.85 bits per heavy atom. The first-order valence-corrected chi connectivity index (χ1v) is 11.4. The topological polar surface area (TPSA) is 84.5 Å². The zero-order valence-electron chi connectivity index (χ0n) is 19.3. The molecule has 3 aromatic rings. The molecule has 0 aromatic heterocycles. The molecule has 0 fully saturated rings. The average molecular weight is 459 g/mol. The summed E-state index contributed by atoms with van der Waals surface area (Å²) in [6, 6.07) is 27.5. The van der Waals surface area contributed by atoms with Crippen molar-refractivity contribution in [2.45, 2.75) is 25.8 Å². The molecule has 2 atom stereocenters. The summed E-state index contributed by atoms with van der Waals surface area (Å²) >= 11 is 0. The summed E-state index contributed by atoms with van der Waals surface area (Å²) < 4.78 is 5.23. The average Bonchev–Trinajstić information content (AvgIpc) is 2.86. The number of rotatable bonds is 11. The molecule has 3 aromatic carbocycles. The van der Waals surface area contributed by atoms with Crippen LogP contribution in [0.2, 0.25) is 0 Å². The predicted molar refractivity (Wildman–Crippen MR) is 131 cm³/mol. The maximum atomic E-state index is 13.2. The van der Waals surface area contributed by atoms with Gasteiger partial charge in [0.2, 0.25) is 5.91 Å². The number of hydrogen-bond donors (Lipinski definition) is 2. The lowest BCUT2D eigenvalue weighted by molar-refractivity contribution is -0.142. The summed E-state index contributed by atoms with van der Waals surface area (Å²) in [5.74, 6) is -1.05. The van der Waals surface area contributed by atoms with Crippen molar-refractivity contribution < 1.29 is 19.1 Å². The van der Waals surface area contributed by atoms with Crippen molar-refractivity contribution in [3.63, 3.8) is 0 Å². The van der Waals surface area contributed by atoms with E-state index in [1.165, 1.54) is 6.92 Å². The third-order valence-electron chi connectivity index (χ3n) is 5.39. The number of carbonyl (C=O) groups excluding carboxylic acids is 3. The van der Waals surface area contributed by atoms with Gasteiger partial charge in [-0.05, 0) is 29.7 Å². The van der Waals surface area contributed by atoms with E-state index < -0.39 is 6.04 Å². The number of carbonyl (C=O) groups is 3. The van der Waals surface area contributed by atoms with Crippen LogP contribution in [0.4, 0.5) is 0 Å². The third kappa shape index (κ3) is 8.20. The van der Waals surface area contributed by atoms with Crippen LogP contribution in [-0.4, -0.2) is 37.0 Å². The Labute approximate surface area is 200 Å². The Morgan fingerprint density at radius 1 is 0.765 bits per heavy atom. The van der Waals surface area contributed by atoms with Crippen molar-refractivity contribution in [1.29, 1.82) is 0 Å². The van der Waals surface area contributed by atoms with Crippen molar-refractivity contribution in [1.82, 2.24) is 10.6 Å². The lowest BCUT2D eigenvalue weighted by Gasteiger charge is -2.22. The molecule has 34 heavy (non-hydrogen) atoms. The molecule has 0 aliphatic rings. The first kappa shape index (κ1) is 24.7. The molecule has 0 heterocycles. The minimum Gasteiger partial charge on any atom is -0.465 e. The molecular formula is C28H30N2O4. The lowest BCUT2D eigenvalue weighted by atomic mass is 9.99. The zero-order chi connectivity index (χ0) is 24.2. The van der Waals surface area contributed by atoms with Crippen LogP contribution >= 0.6 is 0 Å². The molecule has 2 N–H and O–H groups in total. The largest absolute Gasteiger partial charge is 0.465 e. The molecule has 3 rings (SSSR count). The number of hydrogen-bond acceptors (Lipinski definition) is 4. The number of ether oxygens (including phenoxy) is 1. The van der Waals surface area contributed by atoms with E-state index in [0.717, 1.165) is 11.1 Å². The maximum Gasteiger partial charge on any atom is 0.302 e. The van der Waals surface area contributed by atoms with Gasteiger partial charge in [-0.15, -0.1) is 0 Å². The second-order valence-corrected chi connectivity index (χ2v) is 8.19. The van der Waals surface area contributed by atoms with Crippen molar-refractivity contribution in [2.24, 2.45) is 5.92 Å². The molecule has 176 valence electrons. The molecule has 0 saturated heterocycles. The SMILES string of the molecule is CC(=O)OC[C@H](CNC(=O)[C@H](Cc1ccccc1)NC(=O)c1ccccc1)Cc1ccccc1. The standard InChI is InChI=1S/C28H30N2O4/c1-21(31)34-20-24(17-22-11-5-2-6-12-22)19-29-28(33)26(18-23-13-7-3-8-14-23)30-27(32)25-15-9-4-10-16-25/h2-16,24,26H,17-20H2,1H3,(H,29,33)(H,30,32)/t24-,26-/m0/s1. The van der Waals surface area contributed by atoms with Gasteiger partial charge in [0.1, 0.15) is 6.04 Å². The number of esters is 1. The van der Waals surface area contributed by atoms with E-state index in [1.807, 2.05) is 66.7 Å². The van der Waals surface area contributed by atoms with Gasteiger partial charge in [0.05, 0.1) is 6.61 Å². The van der Waals surface area contributed by atoms with Gasteiger partial charge in [0.15, 0.2) is 0 Å². The van der Waals surface area contributed by atoms with E-state index in [2.05, 4.69) is 10.6 Å². The smallest absolute Gasteiger partial charge is 0.302 e. The fourth-order valence-electron chi connectivity index (χ4n) is 3.63. The molecule has 0 spiro atoms. The second-order valence-electron chi connectivity index (χ2n) is 8.19. The summed E-state index contributed by atoms with van der Waals surface area (Å²) in [6.07, 6.45) is 1.01. The molecule has 6 nitrogen and oxygen atoms in total. The predicted octanol–water partition coefficient (Wildman–Crippen LogP) is 3.57. The zero-order valence-corrected chi connectivity index (χ0v) is 19.3. The number of nitrogens with one attached hydrogen (secondary N) is 2. The Balaban J connectivity index is 1.68. The summed E-state index contributed by atoms with van der Waals surface area (Å²) in [5.41, 5.74) is 2.52. The van der Waals surface area contributed by atoms with E-state index in [9.17, 15) is 14.4 Å². The van der Waals surface area contributed by atoms with Crippen LogP contribution in [0.5, 0.6) is 0 Å². The van der Waals surface area contributed by atoms with Crippen LogP contribution in [0.15, 0.2) is 91.0 Å². The molecular weight excluding hydrogens is 428 g/mol. The first-order chi connectivity index (χ1) is 16.5. The molecule has 2 amide bonds. The molecule has 0 aliphatic carbocycles. The normalized spacial score (nSPS) is 12.3.